The minimum absolute atomic E-state index is 0.00308. The van der Waals surface area contributed by atoms with Gasteiger partial charge in [-0.2, -0.15) is 0 Å². The van der Waals surface area contributed by atoms with Gasteiger partial charge in [-0.15, -0.1) is 0 Å². The van der Waals surface area contributed by atoms with Crippen molar-refractivity contribution in [1.29, 1.82) is 0 Å². The second kappa shape index (κ2) is 8.78. The largest absolute Gasteiger partial charge is 0.338 e. The molecule has 0 saturated carbocycles. The van der Waals surface area contributed by atoms with Gasteiger partial charge in [-0.25, -0.2) is 8.42 Å². The summed E-state index contributed by atoms with van der Waals surface area (Å²) in [5.74, 6) is -0.594. The van der Waals surface area contributed by atoms with Crippen LogP contribution in [0.25, 0.3) is 0 Å². The van der Waals surface area contributed by atoms with Crippen LogP contribution in [0.4, 0.5) is 5.69 Å². The second-order valence-electron chi connectivity index (χ2n) is 7.38. The van der Waals surface area contributed by atoms with Crippen molar-refractivity contribution < 1.29 is 18.0 Å². The van der Waals surface area contributed by atoms with Crippen molar-refractivity contribution in [2.45, 2.75) is 31.6 Å². The van der Waals surface area contributed by atoms with E-state index in [1.165, 1.54) is 12.1 Å². The Balaban J connectivity index is 1.68. The van der Waals surface area contributed by atoms with Gasteiger partial charge in [0.2, 0.25) is 5.91 Å². The van der Waals surface area contributed by atoms with Gasteiger partial charge >= 0.3 is 0 Å². The number of nitrogens with zero attached hydrogens (tertiary/aromatic N) is 1. The first-order chi connectivity index (χ1) is 13.8. The highest BCUT2D eigenvalue weighted by Crippen LogP contribution is 2.22. The van der Waals surface area contributed by atoms with E-state index in [9.17, 15) is 18.0 Å². The number of nitrogens with one attached hydrogen (secondary N) is 1. The highest BCUT2D eigenvalue weighted by atomic mass is 32.2. The zero-order valence-electron chi connectivity index (χ0n) is 16.7. The molecule has 0 bridgehead atoms. The predicted octanol–water partition coefficient (Wildman–Crippen LogP) is 3.28. The van der Waals surface area contributed by atoms with Crippen molar-refractivity contribution in [2.75, 3.05) is 24.2 Å². The van der Waals surface area contributed by atoms with Crippen molar-refractivity contribution in [1.82, 2.24) is 4.90 Å². The van der Waals surface area contributed by atoms with E-state index >= 15 is 0 Å². The van der Waals surface area contributed by atoms with Crippen LogP contribution in [-0.2, 0) is 14.6 Å². The standard InChI is InChI=1S/C22H26N2O4S/c1-3-29(27,28)20-8-4-7-19(14-20)23-21(25)18-6-5-13-24(15-18)22(26)17-11-9-16(2)10-12-17/h4,7-12,14,18H,3,5-6,13,15H2,1-2H3,(H,23,25). The number of hydrogen-bond acceptors (Lipinski definition) is 4. The quantitative estimate of drug-likeness (QED) is 0.814. The van der Waals surface area contributed by atoms with Crippen molar-refractivity contribution in [3.8, 4) is 0 Å². The first-order valence-corrected chi connectivity index (χ1v) is 11.4. The third-order valence-electron chi connectivity index (χ3n) is 5.22. The molecule has 2 aromatic carbocycles. The van der Waals surface area contributed by atoms with Gasteiger partial charge in [0.15, 0.2) is 9.84 Å². The Bertz CT molecular complexity index is 1000. The summed E-state index contributed by atoms with van der Waals surface area (Å²) in [7, 11) is -3.34. The Labute approximate surface area is 171 Å². The van der Waals surface area contributed by atoms with E-state index in [1.807, 2.05) is 19.1 Å². The number of anilines is 1. The van der Waals surface area contributed by atoms with Gasteiger partial charge in [0.05, 0.1) is 16.6 Å². The lowest BCUT2D eigenvalue weighted by molar-refractivity contribution is -0.121. The number of aryl methyl sites for hydroxylation is 1. The lowest BCUT2D eigenvalue weighted by atomic mass is 9.96. The van der Waals surface area contributed by atoms with Gasteiger partial charge in [-0.1, -0.05) is 30.7 Å². The molecule has 154 valence electrons. The summed E-state index contributed by atoms with van der Waals surface area (Å²) < 4.78 is 24.1. The molecule has 1 aliphatic rings. The summed E-state index contributed by atoms with van der Waals surface area (Å²) in [6, 6.07) is 13.7. The van der Waals surface area contributed by atoms with Crippen LogP contribution in [0.3, 0.4) is 0 Å². The third kappa shape index (κ3) is 5.03. The zero-order valence-corrected chi connectivity index (χ0v) is 17.5. The van der Waals surface area contributed by atoms with E-state index in [-0.39, 0.29) is 28.4 Å². The molecule has 1 heterocycles. The van der Waals surface area contributed by atoms with Crippen LogP contribution >= 0.6 is 0 Å². The Morgan fingerprint density at radius 3 is 2.55 bits per heavy atom. The summed E-state index contributed by atoms with van der Waals surface area (Å²) in [5.41, 5.74) is 2.16. The molecule has 1 aliphatic heterocycles. The summed E-state index contributed by atoms with van der Waals surface area (Å²) in [4.78, 5) is 27.4. The number of rotatable bonds is 5. The number of piperidine rings is 1. The maximum atomic E-state index is 12.8. The molecule has 0 aliphatic carbocycles. The molecule has 29 heavy (non-hydrogen) atoms. The topological polar surface area (TPSA) is 83.6 Å². The molecule has 1 saturated heterocycles. The molecule has 0 aromatic heterocycles. The molecule has 1 fully saturated rings. The summed E-state index contributed by atoms with van der Waals surface area (Å²) >= 11 is 0. The van der Waals surface area contributed by atoms with E-state index in [4.69, 9.17) is 0 Å². The molecule has 2 aromatic rings. The maximum Gasteiger partial charge on any atom is 0.253 e. The van der Waals surface area contributed by atoms with Crippen LogP contribution in [0.5, 0.6) is 0 Å². The minimum Gasteiger partial charge on any atom is -0.338 e. The van der Waals surface area contributed by atoms with E-state index < -0.39 is 9.84 Å². The molecule has 0 radical (unpaired) electrons. The smallest absolute Gasteiger partial charge is 0.253 e. The molecular weight excluding hydrogens is 388 g/mol. The normalized spacial score (nSPS) is 17.0. The van der Waals surface area contributed by atoms with Crippen LogP contribution in [0, 0.1) is 12.8 Å². The first-order valence-electron chi connectivity index (χ1n) is 9.80. The van der Waals surface area contributed by atoms with E-state index in [0.717, 1.165) is 12.0 Å². The van der Waals surface area contributed by atoms with E-state index in [1.54, 1.807) is 36.1 Å². The van der Waals surface area contributed by atoms with Crippen LogP contribution < -0.4 is 5.32 Å². The minimum atomic E-state index is -3.34. The van der Waals surface area contributed by atoms with E-state index in [2.05, 4.69) is 5.32 Å². The van der Waals surface area contributed by atoms with E-state index in [0.29, 0.717) is 30.8 Å². The highest BCUT2D eigenvalue weighted by Gasteiger charge is 2.29. The van der Waals surface area contributed by atoms with Gasteiger partial charge in [0.25, 0.3) is 5.91 Å². The van der Waals surface area contributed by atoms with Gasteiger partial charge in [0.1, 0.15) is 0 Å². The molecule has 0 spiro atoms. The molecule has 1 unspecified atom stereocenters. The number of amides is 2. The monoisotopic (exact) mass is 414 g/mol. The lowest BCUT2D eigenvalue weighted by Gasteiger charge is -2.32. The number of likely N-dealkylation sites (tertiary alicyclic amines) is 1. The molecule has 2 amide bonds. The van der Waals surface area contributed by atoms with Crippen molar-refractivity contribution in [2.24, 2.45) is 5.92 Å². The average molecular weight is 415 g/mol. The Hall–Kier alpha value is -2.67. The summed E-state index contributed by atoms with van der Waals surface area (Å²) in [6.45, 7) is 4.53. The Kier molecular flexibility index (Phi) is 6.37. The molecular formula is C22H26N2O4S. The molecule has 7 heteroatoms. The number of benzene rings is 2. The maximum absolute atomic E-state index is 12.8. The van der Waals surface area contributed by atoms with Crippen LogP contribution in [0.15, 0.2) is 53.4 Å². The van der Waals surface area contributed by atoms with Crippen LogP contribution in [-0.4, -0.2) is 44.0 Å². The van der Waals surface area contributed by atoms with Gasteiger partial charge in [0, 0.05) is 24.3 Å². The van der Waals surface area contributed by atoms with Gasteiger partial charge in [-0.3, -0.25) is 9.59 Å². The molecule has 1 atom stereocenters. The van der Waals surface area contributed by atoms with Crippen molar-refractivity contribution >= 4 is 27.3 Å². The van der Waals surface area contributed by atoms with Gasteiger partial charge < -0.3 is 10.2 Å². The number of sulfone groups is 1. The van der Waals surface area contributed by atoms with Crippen molar-refractivity contribution in [3.63, 3.8) is 0 Å². The summed E-state index contributed by atoms with van der Waals surface area (Å²) in [6.07, 6.45) is 1.44. The second-order valence-corrected chi connectivity index (χ2v) is 9.66. The van der Waals surface area contributed by atoms with Gasteiger partial charge in [-0.05, 0) is 50.1 Å². The molecule has 1 N–H and O–H groups in total. The number of carbonyl (C=O) groups is 2. The highest BCUT2D eigenvalue weighted by molar-refractivity contribution is 7.91. The SMILES string of the molecule is CCS(=O)(=O)c1cccc(NC(=O)C2CCCN(C(=O)c3ccc(C)cc3)C2)c1. The molecule has 6 nitrogen and oxygen atoms in total. The van der Waals surface area contributed by atoms with Crippen LogP contribution in [0.1, 0.15) is 35.7 Å². The average Bonchev–Trinajstić information content (AvgIpc) is 2.74. The fourth-order valence-corrected chi connectivity index (χ4v) is 4.36. The molecule has 3 rings (SSSR count). The fourth-order valence-electron chi connectivity index (χ4n) is 3.43. The first kappa shape index (κ1) is 21.0. The van der Waals surface area contributed by atoms with Crippen molar-refractivity contribution in [3.05, 3.63) is 59.7 Å². The Morgan fingerprint density at radius 2 is 1.86 bits per heavy atom. The number of hydrogen-bond donors (Lipinski definition) is 1. The van der Waals surface area contributed by atoms with Crippen LogP contribution in [0.2, 0.25) is 0 Å². The third-order valence-corrected chi connectivity index (χ3v) is 6.95. The number of carbonyl (C=O) groups excluding carboxylic acids is 2. The fraction of sp³-hybridized carbons (Fsp3) is 0.364. The zero-order chi connectivity index (χ0) is 21.0. The lowest BCUT2D eigenvalue weighted by Crippen LogP contribution is -2.43. The Morgan fingerprint density at radius 1 is 1.14 bits per heavy atom. The predicted molar refractivity (Wildman–Crippen MR) is 113 cm³/mol. The summed E-state index contributed by atoms with van der Waals surface area (Å²) in [5, 5.41) is 2.81.